The number of alkyl halides is 3. The van der Waals surface area contributed by atoms with E-state index in [0.29, 0.717) is 23.1 Å². The number of anilines is 1. The molecule has 0 spiro atoms. The SMILES string of the molecule is COc1cccc(-c2ccc3c(c2)N(S(=O)(=O)c2cccc(C(F)(F)F)c2)CCO3)c1. The molecule has 31 heavy (non-hydrogen) atoms. The molecule has 0 aliphatic carbocycles. The molecule has 0 unspecified atom stereocenters. The first kappa shape index (κ1) is 21.0. The van der Waals surface area contributed by atoms with E-state index in [1.807, 2.05) is 6.07 Å². The van der Waals surface area contributed by atoms with Crippen LogP contribution in [-0.4, -0.2) is 28.7 Å². The first-order valence-electron chi connectivity index (χ1n) is 9.31. The number of methoxy groups -OCH3 is 1. The Hall–Kier alpha value is -3.20. The third-order valence-electron chi connectivity index (χ3n) is 4.93. The summed E-state index contributed by atoms with van der Waals surface area (Å²) >= 11 is 0. The summed E-state index contributed by atoms with van der Waals surface area (Å²) in [4.78, 5) is -0.429. The predicted molar refractivity (Wildman–Crippen MR) is 110 cm³/mol. The average Bonchev–Trinajstić information content (AvgIpc) is 2.77. The number of hydrogen-bond donors (Lipinski definition) is 0. The number of hydrogen-bond acceptors (Lipinski definition) is 4. The van der Waals surface area contributed by atoms with Crippen molar-refractivity contribution in [2.24, 2.45) is 0 Å². The van der Waals surface area contributed by atoms with Gasteiger partial charge in [0.2, 0.25) is 0 Å². The van der Waals surface area contributed by atoms with E-state index in [9.17, 15) is 21.6 Å². The lowest BCUT2D eigenvalue weighted by molar-refractivity contribution is -0.137. The lowest BCUT2D eigenvalue weighted by Crippen LogP contribution is -2.38. The van der Waals surface area contributed by atoms with Crippen molar-refractivity contribution in [2.75, 3.05) is 24.6 Å². The summed E-state index contributed by atoms with van der Waals surface area (Å²) in [5, 5.41) is 0. The second-order valence-electron chi connectivity index (χ2n) is 6.87. The monoisotopic (exact) mass is 449 g/mol. The van der Waals surface area contributed by atoms with Gasteiger partial charge in [0.25, 0.3) is 10.0 Å². The zero-order valence-electron chi connectivity index (χ0n) is 16.4. The molecule has 0 N–H and O–H groups in total. The maximum absolute atomic E-state index is 13.3. The van der Waals surface area contributed by atoms with Crippen LogP contribution in [0, 0.1) is 0 Å². The van der Waals surface area contributed by atoms with E-state index in [4.69, 9.17) is 9.47 Å². The zero-order chi connectivity index (χ0) is 22.2. The Morgan fingerprint density at radius 3 is 2.45 bits per heavy atom. The normalized spacial score (nSPS) is 14.0. The van der Waals surface area contributed by atoms with E-state index < -0.39 is 26.7 Å². The molecule has 1 aliphatic heterocycles. The van der Waals surface area contributed by atoms with E-state index in [1.165, 1.54) is 0 Å². The van der Waals surface area contributed by atoms with E-state index in [0.717, 1.165) is 28.1 Å². The highest BCUT2D eigenvalue weighted by atomic mass is 32.2. The van der Waals surface area contributed by atoms with Gasteiger partial charge in [0, 0.05) is 0 Å². The van der Waals surface area contributed by atoms with Gasteiger partial charge < -0.3 is 9.47 Å². The van der Waals surface area contributed by atoms with Crippen LogP contribution in [-0.2, 0) is 16.2 Å². The molecule has 0 fully saturated rings. The van der Waals surface area contributed by atoms with Crippen LogP contribution in [0.5, 0.6) is 11.5 Å². The molecular formula is C22H18F3NO4S. The number of benzene rings is 3. The first-order chi connectivity index (χ1) is 14.7. The van der Waals surface area contributed by atoms with Crippen LogP contribution >= 0.6 is 0 Å². The van der Waals surface area contributed by atoms with Crippen LogP contribution in [0.15, 0.2) is 71.6 Å². The molecule has 0 radical (unpaired) electrons. The van der Waals surface area contributed by atoms with Crippen LogP contribution in [0.4, 0.5) is 18.9 Å². The molecular weight excluding hydrogens is 431 g/mol. The molecule has 0 atom stereocenters. The van der Waals surface area contributed by atoms with Gasteiger partial charge in [-0.25, -0.2) is 8.42 Å². The highest BCUT2D eigenvalue weighted by Gasteiger charge is 2.34. The quantitative estimate of drug-likeness (QED) is 0.565. The van der Waals surface area contributed by atoms with Crippen LogP contribution in [0.3, 0.4) is 0 Å². The summed E-state index contributed by atoms with van der Waals surface area (Å²) in [5.74, 6) is 0.980. The minimum Gasteiger partial charge on any atom is -0.497 e. The van der Waals surface area contributed by atoms with E-state index in [-0.39, 0.29) is 18.8 Å². The summed E-state index contributed by atoms with van der Waals surface area (Å²) in [7, 11) is -2.70. The summed E-state index contributed by atoms with van der Waals surface area (Å²) in [5.41, 5.74) is 0.757. The molecule has 4 rings (SSSR count). The Balaban J connectivity index is 1.78. The van der Waals surface area contributed by atoms with Crippen molar-refractivity contribution in [3.05, 3.63) is 72.3 Å². The van der Waals surface area contributed by atoms with Crippen LogP contribution in [0.25, 0.3) is 11.1 Å². The molecule has 0 aromatic heterocycles. The fraction of sp³-hybridized carbons (Fsp3) is 0.182. The summed E-state index contributed by atoms with van der Waals surface area (Å²) < 4.78 is 77.7. The number of nitrogens with zero attached hydrogens (tertiary/aromatic N) is 1. The van der Waals surface area contributed by atoms with Crippen molar-refractivity contribution in [1.82, 2.24) is 0 Å². The Kier molecular flexibility index (Phi) is 5.30. The first-order valence-corrected chi connectivity index (χ1v) is 10.8. The fourth-order valence-corrected chi connectivity index (χ4v) is 4.88. The maximum Gasteiger partial charge on any atom is 0.416 e. The molecule has 5 nitrogen and oxygen atoms in total. The number of halogens is 3. The van der Waals surface area contributed by atoms with Crippen molar-refractivity contribution in [3.8, 4) is 22.6 Å². The molecule has 0 saturated heterocycles. The minimum absolute atomic E-state index is 0.0207. The zero-order valence-corrected chi connectivity index (χ0v) is 17.2. The van der Waals surface area contributed by atoms with Gasteiger partial charge in [-0.3, -0.25) is 4.31 Å². The molecule has 9 heteroatoms. The minimum atomic E-state index is -4.64. The molecule has 0 amide bonds. The van der Waals surface area contributed by atoms with E-state index >= 15 is 0 Å². The molecule has 3 aromatic rings. The standard InChI is InChI=1S/C22H18F3NO4S/c1-29-18-6-2-4-15(12-18)16-8-9-21-20(13-16)26(10-11-30-21)31(27,28)19-7-3-5-17(14-19)22(23,24)25/h2-9,12-14H,10-11H2,1H3. The van der Waals surface area contributed by atoms with Crippen molar-refractivity contribution >= 4 is 15.7 Å². The van der Waals surface area contributed by atoms with Crippen LogP contribution in [0.1, 0.15) is 5.56 Å². The Morgan fingerprint density at radius 2 is 1.71 bits per heavy atom. The molecule has 1 aliphatic rings. The molecule has 1 heterocycles. The van der Waals surface area contributed by atoms with Gasteiger partial charge >= 0.3 is 6.18 Å². The number of sulfonamides is 1. The lowest BCUT2D eigenvalue weighted by atomic mass is 10.0. The van der Waals surface area contributed by atoms with Gasteiger partial charge in [0.15, 0.2) is 0 Å². The molecule has 0 bridgehead atoms. The van der Waals surface area contributed by atoms with E-state index in [1.54, 1.807) is 43.5 Å². The van der Waals surface area contributed by atoms with Gasteiger partial charge in [-0.2, -0.15) is 13.2 Å². The van der Waals surface area contributed by atoms with Gasteiger partial charge in [-0.15, -0.1) is 0 Å². The topological polar surface area (TPSA) is 55.8 Å². The van der Waals surface area contributed by atoms with Crippen LogP contribution in [0.2, 0.25) is 0 Å². The summed E-state index contributed by atoms with van der Waals surface area (Å²) in [6, 6.07) is 16.1. The third-order valence-corrected chi connectivity index (χ3v) is 6.74. The number of fused-ring (bicyclic) bond motifs is 1. The number of ether oxygens (including phenoxy) is 2. The van der Waals surface area contributed by atoms with Crippen molar-refractivity contribution < 1.29 is 31.1 Å². The Labute approximate surface area is 177 Å². The van der Waals surface area contributed by atoms with Gasteiger partial charge in [-0.1, -0.05) is 24.3 Å². The summed E-state index contributed by atoms with van der Waals surface area (Å²) in [6.45, 7) is 0.0663. The molecule has 0 saturated carbocycles. The van der Waals surface area contributed by atoms with Crippen LogP contribution < -0.4 is 13.8 Å². The van der Waals surface area contributed by atoms with Gasteiger partial charge in [0.1, 0.15) is 18.1 Å². The molecule has 3 aromatic carbocycles. The molecule has 162 valence electrons. The number of rotatable bonds is 4. The summed E-state index contributed by atoms with van der Waals surface area (Å²) in [6.07, 6.45) is -4.64. The van der Waals surface area contributed by atoms with Gasteiger partial charge in [-0.05, 0) is 53.6 Å². The van der Waals surface area contributed by atoms with Crippen molar-refractivity contribution in [1.29, 1.82) is 0 Å². The second-order valence-corrected chi connectivity index (χ2v) is 8.73. The smallest absolute Gasteiger partial charge is 0.416 e. The Morgan fingerprint density at radius 1 is 0.968 bits per heavy atom. The largest absolute Gasteiger partial charge is 0.497 e. The highest BCUT2D eigenvalue weighted by molar-refractivity contribution is 7.92. The fourth-order valence-electron chi connectivity index (χ4n) is 3.39. The van der Waals surface area contributed by atoms with Gasteiger partial charge in [0.05, 0.1) is 29.8 Å². The maximum atomic E-state index is 13.3. The van der Waals surface area contributed by atoms with E-state index in [2.05, 4.69) is 0 Å². The predicted octanol–water partition coefficient (Wildman–Crippen LogP) is 4.97. The Bertz CT molecular complexity index is 1230. The third kappa shape index (κ3) is 4.05. The highest BCUT2D eigenvalue weighted by Crippen LogP contribution is 2.39. The lowest BCUT2D eigenvalue weighted by Gasteiger charge is -2.31. The van der Waals surface area contributed by atoms with Crippen molar-refractivity contribution in [2.45, 2.75) is 11.1 Å². The van der Waals surface area contributed by atoms with Crippen molar-refractivity contribution in [3.63, 3.8) is 0 Å². The average molecular weight is 449 g/mol. The second kappa shape index (κ2) is 7.81.